The SMILES string of the molecule is Cl.O=C(c1cc(O)cc(O)c1)c1cccc(Cc2ccccc2)n1. The van der Waals surface area contributed by atoms with Gasteiger partial charge in [-0.2, -0.15) is 0 Å². The van der Waals surface area contributed by atoms with Gasteiger partial charge >= 0.3 is 0 Å². The number of halogens is 1. The number of carbonyl (C=O) groups excluding carboxylic acids is 1. The molecule has 122 valence electrons. The van der Waals surface area contributed by atoms with Crippen LogP contribution >= 0.6 is 12.4 Å². The summed E-state index contributed by atoms with van der Waals surface area (Å²) in [5.74, 6) is -0.659. The van der Waals surface area contributed by atoms with E-state index in [0.29, 0.717) is 6.42 Å². The summed E-state index contributed by atoms with van der Waals surface area (Å²) in [7, 11) is 0. The van der Waals surface area contributed by atoms with Gasteiger partial charge in [-0.1, -0.05) is 36.4 Å². The second kappa shape index (κ2) is 7.62. The van der Waals surface area contributed by atoms with Gasteiger partial charge in [0.2, 0.25) is 5.78 Å². The van der Waals surface area contributed by atoms with Crippen molar-refractivity contribution in [2.24, 2.45) is 0 Å². The van der Waals surface area contributed by atoms with Gasteiger partial charge in [-0.15, -0.1) is 12.4 Å². The lowest BCUT2D eigenvalue weighted by Gasteiger charge is -2.05. The van der Waals surface area contributed by atoms with E-state index < -0.39 is 0 Å². The predicted octanol–water partition coefficient (Wildman–Crippen LogP) is 3.74. The van der Waals surface area contributed by atoms with Gasteiger partial charge in [-0.3, -0.25) is 4.79 Å². The van der Waals surface area contributed by atoms with E-state index in [-0.39, 0.29) is 40.9 Å². The molecule has 0 amide bonds. The van der Waals surface area contributed by atoms with E-state index in [9.17, 15) is 15.0 Å². The minimum Gasteiger partial charge on any atom is -0.508 e. The summed E-state index contributed by atoms with van der Waals surface area (Å²) in [5.41, 5.74) is 2.38. The van der Waals surface area contributed by atoms with Crippen molar-refractivity contribution in [2.45, 2.75) is 6.42 Å². The standard InChI is InChI=1S/C19H15NO3.ClH/c21-16-10-14(11-17(22)12-16)19(23)18-8-4-7-15(20-18)9-13-5-2-1-3-6-13;/h1-8,10-12,21-22H,9H2;1H. The van der Waals surface area contributed by atoms with Crippen molar-refractivity contribution < 1.29 is 15.0 Å². The zero-order chi connectivity index (χ0) is 16.2. The van der Waals surface area contributed by atoms with Crippen LogP contribution in [0.1, 0.15) is 27.3 Å². The lowest BCUT2D eigenvalue weighted by molar-refractivity contribution is 0.103. The number of hydrogen-bond donors (Lipinski definition) is 2. The molecule has 0 bridgehead atoms. The molecule has 0 aliphatic carbocycles. The molecule has 2 aromatic carbocycles. The van der Waals surface area contributed by atoms with Crippen LogP contribution in [0.3, 0.4) is 0 Å². The summed E-state index contributed by atoms with van der Waals surface area (Å²) in [6.45, 7) is 0. The second-order valence-electron chi connectivity index (χ2n) is 5.24. The van der Waals surface area contributed by atoms with E-state index >= 15 is 0 Å². The highest BCUT2D eigenvalue weighted by atomic mass is 35.5. The third kappa shape index (κ3) is 4.12. The third-order valence-electron chi connectivity index (χ3n) is 3.43. The van der Waals surface area contributed by atoms with Gasteiger partial charge in [0, 0.05) is 23.7 Å². The number of nitrogens with zero attached hydrogens (tertiary/aromatic N) is 1. The van der Waals surface area contributed by atoms with E-state index in [4.69, 9.17) is 0 Å². The molecule has 0 aliphatic heterocycles. The molecule has 0 fully saturated rings. The van der Waals surface area contributed by atoms with E-state index in [1.165, 1.54) is 18.2 Å². The van der Waals surface area contributed by atoms with Gasteiger partial charge in [0.25, 0.3) is 0 Å². The first kappa shape index (κ1) is 17.5. The molecule has 24 heavy (non-hydrogen) atoms. The maximum atomic E-state index is 12.5. The fourth-order valence-corrected chi connectivity index (χ4v) is 2.38. The average Bonchev–Trinajstić information content (AvgIpc) is 2.54. The van der Waals surface area contributed by atoms with Crippen molar-refractivity contribution in [3.63, 3.8) is 0 Å². The number of pyridine rings is 1. The van der Waals surface area contributed by atoms with Crippen LogP contribution in [-0.4, -0.2) is 21.0 Å². The monoisotopic (exact) mass is 341 g/mol. The lowest BCUT2D eigenvalue weighted by Crippen LogP contribution is -2.06. The van der Waals surface area contributed by atoms with Crippen molar-refractivity contribution in [3.05, 3.63) is 89.2 Å². The van der Waals surface area contributed by atoms with Gasteiger partial charge in [0.1, 0.15) is 17.2 Å². The highest BCUT2D eigenvalue weighted by Crippen LogP contribution is 2.22. The highest BCUT2D eigenvalue weighted by molar-refractivity contribution is 6.08. The normalized spacial score (nSPS) is 10.0. The van der Waals surface area contributed by atoms with Crippen LogP contribution in [0, 0.1) is 0 Å². The molecule has 0 radical (unpaired) electrons. The van der Waals surface area contributed by atoms with Gasteiger partial charge in [0.15, 0.2) is 0 Å². The van der Waals surface area contributed by atoms with Gasteiger partial charge < -0.3 is 10.2 Å². The van der Waals surface area contributed by atoms with E-state index in [0.717, 1.165) is 11.3 Å². The Kier molecular flexibility index (Phi) is 5.55. The Morgan fingerprint density at radius 2 is 1.54 bits per heavy atom. The summed E-state index contributed by atoms with van der Waals surface area (Å²) in [6, 6.07) is 18.9. The third-order valence-corrected chi connectivity index (χ3v) is 3.43. The highest BCUT2D eigenvalue weighted by Gasteiger charge is 2.13. The van der Waals surface area contributed by atoms with Crippen LogP contribution < -0.4 is 0 Å². The molecule has 0 unspecified atom stereocenters. The first-order chi connectivity index (χ1) is 11.1. The first-order valence-electron chi connectivity index (χ1n) is 7.19. The van der Waals surface area contributed by atoms with Crippen molar-refractivity contribution in [1.82, 2.24) is 4.98 Å². The summed E-state index contributed by atoms with van der Waals surface area (Å²) in [5, 5.41) is 19.0. The topological polar surface area (TPSA) is 70.4 Å². The zero-order valence-electron chi connectivity index (χ0n) is 12.7. The molecule has 2 N–H and O–H groups in total. The van der Waals surface area contributed by atoms with Crippen LogP contribution in [-0.2, 0) is 6.42 Å². The second-order valence-corrected chi connectivity index (χ2v) is 5.24. The quantitative estimate of drug-likeness (QED) is 0.709. The Morgan fingerprint density at radius 3 is 2.21 bits per heavy atom. The maximum Gasteiger partial charge on any atom is 0.211 e. The van der Waals surface area contributed by atoms with Crippen LogP contribution in [0.5, 0.6) is 11.5 Å². The number of rotatable bonds is 4. The fourth-order valence-electron chi connectivity index (χ4n) is 2.38. The minimum absolute atomic E-state index is 0. The molecule has 4 nitrogen and oxygen atoms in total. The molecule has 5 heteroatoms. The van der Waals surface area contributed by atoms with E-state index in [2.05, 4.69) is 4.98 Å². The molecular weight excluding hydrogens is 326 g/mol. The van der Waals surface area contributed by atoms with E-state index in [1.807, 2.05) is 36.4 Å². The zero-order valence-corrected chi connectivity index (χ0v) is 13.5. The van der Waals surface area contributed by atoms with Crippen LogP contribution in [0.2, 0.25) is 0 Å². The average molecular weight is 342 g/mol. The number of aromatic hydroxyl groups is 2. The van der Waals surface area contributed by atoms with Gasteiger partial charge in [-0.25, -0.2) is 4.98 Å². The Labute approximate surface area is 145 Å². The number of phenolic OH excluding ortho intramolecular Hbond substituents is 2. The number of carbonyl (C=O) groups is 1. The first-order valence-corrected chi connectivity index (χ1v) is 7.19. The summed E-state index contributed by atoms with van der Waals surface area (Å²) >= 11 is 0. The van der Waals surface area contributed by atoms with Crippen molar-refractivity contribution in [3.8, 4) is 11.5 Å². The van der Waals surface area contributed by atoms with Gasteiger partial charge in [-0.05, 0) is 29.8 Å². The maximum absolute atomic E-state index is 12.5. The Hall–Kier alpha value is -2.85. The minimum atomic E-state index is -0.342. The van der Waals surface area contributed by atoms with Crippen molar-refractivity contribution in [1.29, 1.82) is 0 Å². The van der Waals surface area contributed by atoms with Crippen molar-refractivity contribution >= 4 is 18.2 Å². The Bertz CT molecular complexity index is 830. The molecule has 0 saturated carbocycles. The number of ketones is 1. The molecule has 3 aromatic rings. The number of phenols is 2. The Balaban J connectivity index is 0.00000208. The summed E-state index contributed by atoms with van der Waals surface area (Å²) < 4.78 is 0. The number of hydrogen-bond acceptors (Lipinski definition) is 4. The molecule has 1 aromatic heterocycles. The van der Waals surface area contributed by atoms with E-state index in [1.54, 1.807) is 12.1 Å². The molecule has 3 rings (SSSR count). The summed E-state index contributed by atoms with van der Waals surface area (Å²) in [6.07, 6.45) is 0.632. The number of aromatic nitrogens is 1. The van der Waals surface area contributed by atoms with Gasteiger partial charge in [0.05, 0.1) is 0 Å². The number of benzene rings is 2. The fraction of sp³-hybridized carbons (Fsp3) is 0.0526. The lowest BCUT2D eigenvalue weighted by atomic mass is 10.1. The van der Waals surface area contributed by atoms with Crippen LogP contribution in [0.4, 0.5) is 0 Å². The summed E-state index contributed by atoms with van der Waals surface area (Å²) in [4.78, 5) is 16.9. The molecule has 0 atom stereocenters. The molecule has 0 aliphatic rings. The largest absolute Gasteiger partial charge is 0.508 e. The molecule has 0 saturated heterocycles. The van der Waals surface area contributed by atoms with Crippen molar-refractivity contribution in [2.75, 3.05) is 0 Å². The van der Waals surface area contributed by atoms with Crippen LogP contribution in [0.15, 0.2) is 66.7 Å². The molecule has 0 spiro atoms. The Morgan fingerprint density at radius 1 is 0.875 bits per heavy atom. The predicted molar refractivity (Wildman–Crippen MR) is 93.9 cm³/mol. The smallest absolute Gasteiger partial charge is 0.211 e. The van der Waals surface area contributed by atoms with Crippen LogP contribution in [0.25, 0.3) is 0 Å². The molecular formula is C19H16ClNO3. The molecule has 1 heterocycles.